The standard InChI is InChI=1S/C26H22BrN7O3/c1-13(35)25-17-8-19(16-9-28-14(2)29-10-16)30-11-22(17)33(32-25)12-24(36)34-20-6-15(20)7-21(34)26(37)18-4-3-5-23(27)31-18/h3-5,8-11,15,20-21H,6-7,12H2,1-2H3/t15-,20-,21+/m1/s1. The lowest BCUT2D eigenvalue weighted by atomic mass is 10.0. The third-order valence-electron chi connectivity index (χ3n) is 6.99. The second kappa shape index (κ2) is 8.91. The maximum absolute atomic E-state index is 13.6. The summed E-state index contributed by atoms with van der Waals surface area (Å²) < 4.78 is 2.08. The van der Waals surface area contributed by atoms with E-state index in [2.05, 4.69) is 41.0 Å². The number of aromatic nitrogens is 6. The SMILES string of the molecule is CC(=O)c1nn(CC(=O)N2[C@@H]3C[C@@H]3C[C@H]2C(=O)c2cccc(Br)n2)c2cnc(-c3cnc(C)nc3)cc12. The highest BCUT2D eigenvalue weighted by atomic mass is 79.9. The predicted molar refractivity (Wildman–Crippen MR) is 137 cm³/mol. The molecule has 1 saturated carbocycles. The maximum atomic E-state index is 13.6. The Hall–Kier alpha value is -3.86. The molecule has 1 aliphatic carbocycles. The fraction of sp³-hybridized carbons (Fsp3) is 0.308. The molecular formula is C26H22BrN7O3. The lowest BCUT2D eigenvalue weighted by Crippen LogP contribution is -2.45. The summed E-state index contributed by atoms with van der Waals surface area (Å²) in [6, 6.07) is 6.45. The molecule has 0 spiro atoms. The number of hydrogen-bond donors (Lipinski definition) is 0. The van der Waals surface area contributed by atoms with Gasteiger partial charge >= 0.3 is 0 Å². The minimum absolute atomic E-state index is 0.0500. The van der Waals surface area contributed by atoms with E-state index in [1.807, 2.05) is 0 Å². The van der Waals surface area contributed by atoms with E-state index in [0.717, 1.165) is 6.42 Å². The number of piperidine rings is 1. The molecule has 0 bridgehead atoms. The fourth-order valence-corrected chi connectivity index (χ4v) is 5.45. The number of fused-ring (bicyclic) bond motifs is 2. The molecular weight excluding hydrogens is 538 g/mol. The molecule has 11 heteroatoms. The Labute approximate surface area is 220 Å². The topological polar surface area (TPSA) is 124 Å². The third kappa shape index (κ3) is 4.22. The lowest BCUT2D eigenvalue weighted by molar-refractivity contribution is -0.133. The average molecular weight is 560 g/mol. The monoisotopic (exact) mass is 559 g/mol. The summed E-state index contributed by atoms with van der Waals surface area (Å²) in [4.78, 5) is 58.2. The molecule has 4 aromatic rings. The fourth-order valence-electron chi connectivity index (χ4n) is 5.11. The van der Waals surface area contributed by atoms with Crippen LogP contribution in [0, 0.1) is 12.8 Å². The first-order chi connectivity index (χ1) is 17.8. The second-order valence-electron chi connectivity index (χ2n) is 9.49. The maximum Gasteiger partial charge on any atom is 0.245 e. The summed E-state index contributed by atoms with van der Waals surface area (Å²) >= 11 is 3.31. The second-order valence-corrected chi connectivity index (χ2v) is 10.3. The highest BCUT2D eigenvalue weighted by Gasteiger charge is 2.56. The molecule has 2 aliphatic rings. The largest absolute Gasteiger partial charge is 0.327 e. The number of nitrogens with zero attached hydrogens (tertiary/aromatic N) is 7. The minimum Gasteiger partial charge on any atom is -0.327 e. The minimum atomic E-state index is -0.557. The van der Waals surface area contributed by atoms with Crippen molar-refractivity contribution in [3.63, 3.8) is 0 Å². The van der Waals surface area contributed by atoms with Gasteiger partial charge in [0.05, 0.1) is 23.4 Å². The van der Waals surface area contributed by atoms with E-state index in [-0.39, 0.29) is 35.8 Å². The van der Waals surface area contributed by atoms with Gasteiger partial charge in [-0.05, 0) is 59.8 Å². The molecule has 4 aromatic heterocycles. The van der Waals surface area contributed by atoms with E-state index in [1.54, 1.807) is 54.7 Å². The van der Waals surface area contributed by atoms with Crippen LogP contribution in [-0.4, -0.2) is 64.2 Å². The van der Waals surface area contributed by atoms with E-state index in [0.29, 0.717) is 50.6 Å². The number of carbonyl (C=O) groups is 3. The van der Waals surface area contributed by atoms with Crippen molar-refractivity contribution < 1.29 is 14.4 Å². The van der Waals surface area contributed by atoms with Gasteiger partial charge in [-0.1, -0.05) is 6.07 Å². The Bertz CT molecular complexity index is 1580. The average Bonchev–Trinajstić information content (AvgIpc) is 3.39. The number of halogens is 1. The highest BCUT2D eigenvalue weighted by molar-refractivity contribution is 9.10. The van der Waals surface area contributed by atoms with Gasteiger partial charge < -0.3 is 4.90 Å². The van der Waals surface area contributed by atoms with Gasteiger partial charge in [-0.3, -0.25) is 24.0 Å². The van der Waals surface area contributed by atoms with Crippen LogP contribution in [0.1, 0.15) is 46.6 Å². The molecule has 3 atom stereocenters. The van der Waals surface area contributed by atoms with Crippen LogP contribution in [0.25, 0.3) is 22.2 Å². The Morgan fingerprint density at radius 2 is 1.86 bits per heavy atom. The van der Waals surface area contributed by atoms with Crippen molar-refractivity contribution in [2.45, 2.75) is 45.3 Å². The highest BCUT2D eigenvalue weighted by Crippen LogP contribution is 2.48. The van der Waals surface area contributed by atoms with Crippen molar-refractivity contribution in [2.75, 3.05) is 0 Å². The van der Waals surface area contributed by atoms with Crippen LogP contribution in [0.5, 0.6) is 0 Å². The van der Waals surface area contributed by atoms with E-state index >= 15 is 0 Å². The third-order valence-corrected chi connectivity index (χ3v) is 7.44. The van der Waals surface area contributed by atoms with Gasteiger partial charge in [0.15, 0.2) is 5.78 Å². The summed E-state index contributed by atoms with van der Waals surface area (Å²) in [7, 11) is 0. The molecule has 1 amide bonds. The molecule has 1 aliphatic heterocycles. The van der Waals surface area contributed by atoms with Crippen molar-refractivity contribution in [1.29, 1.82) is 0 Å². The molecule has 0 aromatic carbocycles. The summed E-state index contributed by atoms with van der Waals surface area (Å²) in [6.45, 7) is 3.14. The zero-order valence-corrected chi connectivity index (χ0v) is 21.7. The molecule has 0 N–H and O–H groups in total. The Morgan fingerprint density at radius 1 is 1.08 bits per heavy atom. The Morgan fingerprint density at radius 3 is 2.59 bits per heavy atom. The van der Waals surface area contributed by atoms with E-state index in [9.17, 15) is 14.4 Å². The van der Waals surface area contributed by atoms with Crippen LogP contribution in [0.2, 0.25) is 0 Å². The number of likely N-dealkylation sites (tertiary alicyclic amines) is 1. The molecule has 186 valence electrons. The normalized spacial score (nSPS) is 20.2. The summed E-state index contributed by atoms with van der Waals surface area (Å²) in [5, 5.41) is 5.07. The first-order valence-electron chi connectivity index (χ1n) is 11.9. The number of pyridine rings is 2. The smallest absolute Gasteiger partial charge is 0.245 e. The van der Waals surface area contributed by atoms with Gasteiger partial charge in [0.25, 0.3) is 0 Å². The van der Waals surface area contributed by atoms with Crippen LogP contribution in [-0.2, 0) is 11.3 Å². The first-order valence-corrected chi connectivity index (χ1v) is 12.7. The molecule has 2 fully saturated rings. The quantitative estimate of drug-likeness (QED) is 0.260. The van der Waals surface area contributed by atoms with Crippen LogP contribution < -0.4 is 0 Å². The van der Waals surface area contributed by atoms with E-state index < -0.39 is 6.04 Å². The summed E-state index contributed by atoms with van der Waals surface area (Å²) in [5.41, 5.74) is 2.48. The van der Waals surface area contributed by atoms with Crippen LogP contribution in [0.4, 0.5) is 0 Å². The number of rotatable bonds is 6. The van der Waals surface area contributed by atoms with Crippen molar-refractivity contribution in [1.82, 2.24) is 34.6 Å². The predicted octanol–water partition coefficient (Wildman–Crippen LogP) is 3.43. The Kier molecular flexibility index (Phi) is 5.67. The van der Waals surface area contributed by atoms with Gasteiger partial charge in [0, 0.05) is 36.3 Å². The Balaban J connectivity index is 1.31. The van der Waals surface area contributed by atoms with E-state index in [1.165, 1.54) is 11.6 Å². The number of aryl methyl sites for hydroxylation is 1. The first kappa shape index (κ1) is 23.5. The van der Waals surface area contributed by atoms with Crippen LogP contribution in [0.15, 0.2) is 47.5 Å². The number of carbonyl (C=O) groups excluding carboxylic acids is 3. The van der Waals surface area contributed by atoms with Crippen molar-refractivity contribution in [3.8, 4) is 11.3 Å². The molecule has 1 saturated heterocycles. The molecule has 10 nitrogen and oxygen atoms in total. The summed E-state index contributed by atoms with van der Waals surface area (Å²) in [6.07, 6.45) is 6.48. The van der Waals surface area contributed by atoms with Crippen molar-refractivity contribution in [3.05, 3.63) is 64.7 Å². The van der Waals surface area contributed by atoms with Crippen molar-refractivity contribution in [2.24, 2.45) is 5.92 Å². The number of hydrogen-bond acceptors (Lipinski definition) is 8. The summed E-state index contributed by atoms with van der Waals surface area (Å²) in [5.74, 6) is 0.379. The van der Waals surface area contributed by atoms with Gasteiger partial charge in [0.1, 0.15) is 28.4 Å². The molecule has 5 heterocycles. The molecule has 6 rings (SSSR count). The van der Waals surface area contributed by atoms with Crippen LogP contribution in [0.3, 0.4) is 0 Å². The molecule has 0 radical (unpaired) electrons. The van der Waals surface area contributed by atoms with Gasteiger partial charge in [0.2, 0.25) is 11.7 Å². The van der Waals surface area contributed by atoms with Crippen molar-refractivity contribution >= 4 is 44.3 Å². The molecule has 0 unspecified atom stereocenters. The zero-order chi connectivity index (χ0) is 25.8. The van der Waals surface area contributed by atoms with Crippen LogP contribution >= 0.6 is 15.9 Å². The van der Waals surface area contributed by atoms with Gasteiger partial charge in [-0.25, -0.2) is 15.0 Å². The van der Waals surface area contributed by atoms with Gasteiger partial charge in [-0.2, -0.15) is 5.10 Å². The number of ketones is 2. The zero-order valence-electron chi connectivity index (χ0n) is 20.1. The van der Waals surface area contributed by atoms with Gasteiger partial charge in [-0.15, -0.1) is 0 Å². The van der Waals surface area contributed by atoms with E-state index in [4.69, 9.17) is 0 Å². The molecule has 37 heavy (non-hydrogen) atoms. The lowest BCUT2D eigenvalue weighted by Gasteiger charge is -2.26. The number of Topliss-reactive ketones (excluding diaryl/α,β-unsaturated/α-hetero) is 2. The number of amides is 1.